The number of carbonyl (C=O) groups is 1. The number of rotatable bonds is 7. The molecule has 0 saturated carbocycles. The molecule has 0 aliphatic carbocycles. The third kappa shape index (κ3) is 4.40. The molecule has 1 heterocycles. The highest BCUT2D eigenvalue weighted by atomic mass is 32.2. The number of hydrogen-bond donors (Lipinski definition) is 3. The van der Waals surface area contributed by atoms with Gasteiger partial charge in [0, 0.05) is 25.7 Å². The van der Waals surface area contributed by atoms with E-state index in [0.717, 1.165) is 0 Å². The first kappa shape index (κ1) is 14.6. The van der Waals surface area contributed by atoms with Crippen LogP contribution < -0.4 is 16.2 Å². The van der Waals surface area contributed by atoms with Gasteiger partial charge in [-0.1, -0.05) is 0 Å². The molecule has 8 heteroatoms. The van der Waals surface area contributed by atoms with Gasteiger partial charge in [0.1, 0.15) is 4.90 Å². The van der Waals surface area contributed by atoms with Crippen LogP contribution in [0, 0.1) is 0 Å². The van der Waals surface area contributed by atoms with E-state index in [2.05, 4.69) is 9.71 Å². The van der Waals surface area contributed by atoms with E-state index in [9.17, 15) is 13.2 Å². The van der Waals surface area contributed by atoms with Crippen LogP contribution in [-0.2, 0) is 21.4 Å². The molecule has 0 aliphatic heterocycles. The molecule has 5 N–H and O–H groups in total. The molecule has 0 aliphatic rings. The van der Waals surface area contributed by atoms with Crippen LogP contribution >= 0.6 is 0 Å². The fourth-order valence-electron chi connectivity index (χ4n) is 1.24. The average Bonchev–Trinajstić information content (AvgIpc) is 2.34. The van der Waals surface area contributed by atoms with Crippen LogP contribution in [0.3, 0.4) is 0 Å². The molecule has 0 radical (unpaired) electrons. The van der Waals surface area contributed by atoms with Crippen LogP contribution in [0.5, 0.6) is 0 Å². The van der Waals surface area contributed by atoms with Gasteiger partial charge in [-0.15, -0.1) is 0 Å². The van der Waals surface area contributed by atoms with Gasteiger partial charge in [0.15, 0.2) is 0 Å². The molecule has 0 spiro atoms. The highest BCUT2D eigenvalue weighted by molar-refractivity contribution is 7.89. The summed E-state index contributed by atoms with van der Waals surface area (Å²) >= 11 is 0. The van der Waals surface area contributed by atoms with Crippen LogP contribution in [0.4, 0.5) is 0 Å². The van der Waals surface area contributed by atoms with Crippen LogP contribution in [-0.4, -0.2) is 25.9 Å². The Balaban J connectivity index is 2.59. The highest BCUT2D eigenvalue weighted by Gasteiger charge is 2.13. The summed E-state index contributed by atoms with van der Waals surface area (Å²) in [5.41, 5.74) is 10.9. The summed E-state index contributed by atoms with van der Waals surface area (Å²) < 4.78 is 25.9. The lowest BCUT2D eigenvalue weighted by atomic mass is 10.3. The maximum atomic E-state index is 11.8. The summed E-state index contributed by atoms with van der Waals surface area (Å²) in [5, 5.41) is 0. The number of amides is 1. The van der Waals surface area contributed by atoms with Crippen molar-refractivity contribution in [2.75, 3.05) is 6.54 Å². The minimum absolute atomic E-state index is 0.0683. The van der Waals surface area contributed by atoms with Crippen molar-refractivity contribution in [2.45, 2.75) is 24.3 Å². The first-order valence-corrected chi connectivity index (χ1v) is 6.87. The van der Waals surface area contributed by atoms with Gasteiger partial charge in [-0.05, 0) is 18.6 Å². The van der Waals surface area contributed by atoms with Crippen molar-refractivity contribution in [3.8, 4) is 0 Å². The lowest BCUT2D eigenvalue weighted by molar-refractivity contribution is -0.118. The molecule has 1 aromatic heterocycles. The van der Waals surface area contributed by atoms with Gasteiger partial charge in [-0.2, -0.15) is 0 Å². The van der Waals surface area contributed by atoms with Crippen LogP contribution in [0.15, 0.2) is 23.2 Å². The Morgan fingerprint density at radius 1 is 1.39 bits per heavy atom. The van der Waals surface area contributed by atoms with E-state index >= 15 is 0 Å². The molecule has 0 fully saturated rings. The highest BCUT2D eigenvalue weighted by Crippen LogP contribution is 2.07. The van der Waals surface area contributed by atoms with Crippen molar-refractivity contribution in [1.29, 1.82) is 0 Å². The minimum atomic E-state index is -3.59. The molecule has 7 nitrogen and oxygen atoms in total. The predicted molar refractivity (Wildman–Crippen MR) is 65.7 cm³/mol. The van der Waals surface area contributed by atoms with Gasteiger partial charge in [0.05, 0.1) is 5.69 Å². The van der Waals surface area contributed by atoms with Gasteiger partial charge in [-0.3, -0.25) is 9.78 Å². The molecular weight excluding hydrogens is 256 g/mol. The molecular formula is C10H16N4O3S. The zero-order valence-electron chi connectivity index (χ0n) is 9.80. The Morgan fingerprint density at radius 2 is 2.11 bits per heavy atom. The van der Waals surface area contributed by atoms with Crippen molar-refractivity contribution in [1.82, 2.24) is 9.71 Å². The van der Waals surface area contributed by atoms with E-state index in [1.54, 1.807) is 6.07 Å². The van der Waals surface area contributed by atoms with Gasteiger partial charge in [-0.25, -0.2) is 13.1 Å². The van der Waals surface area contributed by atoms with E-state index in [0.29, 0.717) is 12.1 Å². The molecule has 1 amide bonds. The third-order valence-corrected chi connectivity index (χ3v) is 3.66. The van der Waals surface area contributed by atoms with E-state index in [1.807, 2.05) is 0 Å². The number of carbonyl (C=O) groups excluding carboxylic acids is 1. The summed E-state index contributed by atoms with van der Waals surface area (Å²) in [5.74, 6) is -0.455. The normalized spacial score (nSPS) is 11.4. The fraction of sp³-hybridized carbons (Fsp3) is 0.400. The summed E-state index contributed by atoms with van der Waals surface area (Å²) in [6.07, 6.45) is 1.76. The fourth-order valence-corrected chi connectivity index (χ4v) is 2.26. The van der Waals surface area contributed by atoms with Gasteiger partial charge in [0.25, 0.3) is 0 Å². The molecule has 1 rings (SSSR count). The topological polar surface area (TPSA) is 128 Å². The number of aromatic nitrogens is 1. The molecule has 0 bridgehead atoms. The van der Waals surface area contributed by atoms with Crippen LogP contribution in [0.1, 0.15) is 18.5 Å². The lowest BCUT2D eigenvalue weighted by Gasteiger charge is -2.06. The number of sulfonamides is 1. The Bertz CT molecular complexity index is 498. The lowest BCUT2D eigenvalue weighted by Crippen LogP contribution is -2.26. The van der Waals surface area contributed by atoms with E-state index in [4.69, 9.17) is 11.5 Å². The van der Waals surface area contributed by atoms with Gasteiger partial charge < -0.3 is 11.5 Å². The van der Waals surface area contributed by atoms with E-state index in [-0.39, 0.29) is 24.4 Å². The Kier molecular flexibility index (Phi) is 5.20. The molecule has 0 atom stereocenters. The standard InChI is InChI=1S/C10H16N4O3S/c11-6-8-3-4-9(7-13-8)18(16,17)14-5-1-2-10(12)15/h3-4,7,14H,1-2,5-6,11H2,(H2,12,15). The van der Waals surface area contributed by atoms with Crippen LogP contribution in [0.2, 0.25) is 0 Å². The smallest absolute Gasteiger partial charge is 0.242 e. The number of hydrogen-bond acceptors (Lipinski definition) is 5. The monoisotopic (exact) mass is 272 g/mol. The second-order valence-electron chi connectivity index (χ2n) is 3.66. The summed E-state index contributed by atoms with van der Waals surface area (Å²) in [7, 11) is -3.59. The number of nitrogens with two attached hydrogens (primary N) is 2. The zero-order valence-corrected chi connectivity index (χ0v) is 10.6. The second-order valence-corrected chi connectivity index (χ2v) is 5.42. The molecule has 0 saturated heterocycles. The van der Waals surface area contributed by atoms with Crippen LogP contribution in [0.25, 0.3) is 0 Å². The Morgan fingerprint density at radius 3 is 2.61 bits per heavy atom. The summed E-state index contributed by atoms with van der Waals surface area (Å²) in [6, 6.07) is 2.99. The first-order chi connectivity index (χ1) is 8.45. The maximum Gasteiger partial charge on any atom is 0.242 e. The number of nitrogens with zero attached hydrogens (tertiary/aromatic N) is 1. The largest absolute Gasteiger partial charge is 0.370 e. The summed E-state index contributed by atoms with van der Waals surface area (Å²) in [4.78, 5) is 14.5. The molecule has 18 heavy (non-hydrogen) atoms. The molecule has 1 aromatic rings. The average molecular weight is 272 g/mol. The van der Waals surface area contributed by atoms with Crippen molar-refractivity contribution < 1.29 is 13.2 Å². The summed E-state index contributed by atoms with van der Waals surface area (Å²) in [6.45, 7) is 0.413. The third-order valence-electron chi connectivity index (χ3n) is 2.21. The van der Waals surface area contributed by atoms with Gasteiger partial charge >= 0.3 is 0 Å². The second kappa shape index (κ2) is 6.43. The van der Waals surface area contributed by atoms with Crippen molar-refractivity contribution in [3.05, 3.63) is 24.0 Å². The Labute approximate surface area is 106 Å². The zero-order chi connectivity index (χ0) is 13.6. The molecule has 0 aromatic carbocycles. The van der Waals surface area contributed by atoms with Gasteiger partial charge in [0.2, 0.25) is 15.9 Å². The number of primary amides is 1. The minimum Gasteiger partial charge on any atom is -0.370 e. The SMILES string of the molecule is NCc1ccc(S(=O)(=O)NCCCC(N)=O)cn1. The first-order valence-electron chi connectivity index (χ1n) is 5.38. The molecule has 100 valence electrons. The number of pyridine rings is 1. The molecule has 0 unspecified atom stereocenters. The van der Waals surface area contributed by atoms with Crippen molar-refractivity contribution in [3.63, 3.8) is 0 Å². The van der Waals surface area contributed by atoms with Crippen molar-refractivity contribution >= 4 is 15.9 Å². The van der Waals surface area contributed by atoms with Crippen molar-refractivity contribution in [2.24, 2.45) is 11.5 Å². The Hall–Kier alpha value is -1.51. The number of nitrogens with one attached hydrogen (secondary N) is 1. The van der Waals surface area contributed by atoms with E-state index in [1.165, 1.54) is 12.3 Å². The maximum absolute atomic E-state index is 11.8. The predicted octanol–water partition coefficient (Wildman–Crippen LogP) is -0.916. The van der Waals surface area contributed by atoms with E-state index < -0.39 is 15.9 Å². The quantitative estimate of drug-likeness (QED) is 0.553.